The molecule has 0 amide bonds. The Kier molecular flexibility index (Phi) is 5.31. The molecule has 0 heterocycles. The van der Waals surface area contributed by atoms with Gasteiger partial charge in [-0.3, -0.25) is 4.79 Å². The maximum absolute atomic E-state index is 12.3. The molecule has 0 aliphatic rings. The van der Waals surface area contributed by atoms with E-state index in [4.69, 9.17) is 36.8 Å². The lowest BCUT2D eigenvalue weighted by Crippen LogP contribution is -2.06. The summed E-state index contributed by atoms with van der Waals surface area (Å²) in [6, 6.07) is 7.48. The first kappa shape index (κ1) is 23.3. The summed E-state index contributed by atoms with van der Waals surface area (Å²) < 4.78 is 78.6. The average Bonchev–Trinajstić information content (AvgIpc) is 2.63. The van der Waals surface area contributed by atoms with Gasteiger partial charge in [0.25, 0.3) is 27.2 Å². The van der Waals surface area contributed by atoms with Crippen LogP contribution < -0.4 is 4.74 Å². The van der Waals surface area contributed by atoms with Crippen molar-refractivity contribution in [3.8, 4) is 5.75 Å². The molecule has 168 valence electrons. The highest BCUT2D eigenvalue weighted by atomic mass is 35.7. The van der Waals surface area contributed by atoms with Crippen molar-refractivity contribution in [1.29, 1.82) is 0 Å². The Morgan fingerprint density at radius 1 is 0.719 bits per heavy atom. The van der Waals surface area contributed by atoms with Crippen molar-refractivity contribution >= 4 is 97.5 Å². The zero-order chi connectivity index (χ0) is 23.8. The van der Waals surface area contributed by atoms with E-state index in [1.807, 2.05) is 0 Å². The molecule has 0 bridgehead atoms. The van der Waals surface area contributed by atoms with Gasteiger partial charge in [-0.05, 0) is 22.9 Å². The summed E-state index contributed by atoms with van der Waals surface area (Å²) in [5.41, 5.74) is 0. The van der Waals surface area contributed by atoms with Crippen LogP contribution in [-0.2, 0) is 31.9 Å². The molecule has 0 radical (unpaired) electrons. The van der Waals surface area contributed by atoms with Crippen LogP contribution in [0.5, 0.6) is 5.75 Å². The first-order valence-electron chi connectivity index (χ1n) is 8.41. The standard InChI is InChI=1S/C18H9Cl3O8S3/c1-8(22)29-13-7-14(30(19,23)24)11-4-5-12-16-9(2-3-10(13)17(11)16)6-15(31(20,25)26)18(12)32(21,27)28/h2-7H,1H3. The third kappa shape index (κ3) is 3.76. The monoisotopic (exact) mass is 554 g/mol. The van der Waals surface area contributed by atoms with Crippen molar-refractivity contribution in [2.75, 3.05) is 0 Å². The van der Waals surface area contributed by atoms with E-state index in [9.17, 15) is 30.0 Å². The summed E-state index contributed by atoms with van der Waals surface area (Å²) in [6.45, 7) is 1.11. The van der Waals surface area contributed by atoms with Crippen LogP contribution >= 0.6 is 32.0 Å². The molecule has 0 unspecified atom stereocenters. The highest BCUT2D eigenvalue weighted by Crippen LogP contribution is 2.46. The number of benzene rings is 4. The van der Waals surface area contributed by atoms with Gasteiger partial charge in [-0.15, -0.1) is 0 Å². The fourth-order valence-electron chi connectivity index (χ4n) is 3.73. The van der Waals surface area contributed by atoms with E-state index < -0.39 is 42.9 Å². The SMILES string of the molecule is CC(=O)Oc1cc(S(=O)(=O)Cl)c2ccc3c(S(=O)(=O)Cl)c(S(=O)(=O)Cl)cc4ccc1c2c43. The molecule has 4 aromatic carbocycles. The van der Waals surface area contributed by atoms with Gasteiger partial charge >= 0.3 is 5.97 Å². The Hall–Kier alpha value is -1.89. The van der Waals surface area contributed by atoms with Gasteiger partial charge in [0.15, 0.2) is 0 Å². The summed E-state index contributed by atoms with van der Waals surface area (Å²) >= 11 is 0. The van der Waals surface area contributed by atoms with Crippen LogP contribution in [0.1, 0.15) is 6.92 Å². The quantitative estimate of drug-likeness (QED) is 0.158. The molecular formula is C18H9Cl3O8S3. The van der Waals surface area contributed by atoms with E-state index in [1.165, 1.54) is 24.3 Å². The lowest BCUT2D eigenvalue weighted by molar-refractivity contribution is -0.131. The minimum absolute atomic E-state index is 0.100. The van der Waals surface area contributed by atoms with E-state index in [-0.39, 0.29) is 43.0 Å². The number of hydrogen-bond acceptors (Lipinski definition) is 8. The number of ether oxygens (including phenoxy) is 1. The molecule has 0 aliphatic heterocycles. The first-order chi connectivity index (χ1) is 14.6. The molecule has 0 N–H and O–H groups in total. The molecule has 0 fully saturated rings. The molecule has 0 aromatic heterocycles. The molecule has 4 aromatic rings. The molecule has 4 rings (SSSR count). The summed E-state index contributed by atoms with van der Waals surface area (Å²) in [5.74, 6) is -0.875. The largest absolute Gasteiger partial charge is 0.426 e. The van der Waals surface area contributed by atoms with Crippen molar-refractivity contribution < 1.29 is 34.8 Å². The van der Waals surface area contributed by atoms with Crippen LogP contribution in [-0.4, -0.2) is 31.2 Å². The van der Waals surface area contributed by atoms with Crippen molar-refractivity contribution in [1.82, 2.24) is 0 Å². The Labute approximate surface area is 195 Å². The zero-order valence-corrected chi connectivity index (χ0v) is 20.3. The molecule has 0 atom stereocenters. The molecule has 0 aliphatic carbocycles. The Morgan fingerprint density at radius 3 is 1.81 bits per heavy atom. The number of carbonyl (C=O) groups is 1. The van der Waals surface area contributed by atoms with E-state index >= 15 is 0 Å². The lowest BCUT2D eigenvalue weighted by atomic mass is 9.93. The molecule has 0 saturated heterocycles. The van der Waals surface area contributed by atoms with Gasteiger partial charge < -0.3 is 4.74 Å². The summed E-state index contributed by atoms with van der Waals surface area (Å²) in [4.78, 5) is 9.71. The number of hydrogen-bond donors (Lipinski definition) is 0. The lowest BCUT2D eigenvalue weighted by Gasteiger charge is -2.18. The molecule has 0 saturated carbocycles. The van der Waals surface area contributed by atoms with Gasteiger partial charge in [0.1, 0.15) is 15.5 Å². The number of carbonyl (C=O) groups excluding carboxylic acids is 1. The highest BCUT2D eigenvalue weighted by Gasteiger charge is 2.30. The molecule has 32 heavy (non-hydrogen) atoms. The van der Waals surface area contributed by atoms with Crippen LogP contribution in [0.4, 0.5) is 0 Å². The van der Waals surface area contributed by atoms with Gasteiger partial charge in [-0.25, -0.2) is 25.3 Å². The van der Waals surface area contributed by atoms with Crippen molar-refractivity contribution in [2.24, 2.45) is 0 Å². The summed E-state index contributed by atoms with van der Waals surface area (Å²) in [5, 5.41) is 0.809. The van der Waals surface area contributed by atoms with Crippen LogP contribution in [0, 0.1) is 0 Å². The van der Waals surface area contributed by atoms with Crippen LogP contribution in [0.3, 0.4) is 0 Å². The minimum atomic E-state index is -4.63. The molecule has 0 spiro atoms. The fourth-order valence-corrected chi connectivity index (χ4v) is 7.92. The van der Waals surface area contributed by atoms with Gasteiger partial charge in [0.2, 0.25) is 0 Å². The van der Waals surface area contributed by atoms with Crippen molar-refractivity contribution in [2.45, 2.75) is 21.6 Å². The van der Waals surface area contributed by atoms with E-state index in [2.05, 4.69) is 0 Å². The van der Waals surface area contributed by atoms with Gasteiger partial charge in [0, 0.05) is 66.6 Å². The highest BCUT2D eigenvalue weighted by molar-refractivity contribution is 8.16. The maximum atomic E-state index is 12.3. The normalized spacial score (nSPS) is 13.2. The second kappa shape index (κ2) is 7.31. The van der Waals surface area contributed by atoms with Crippen LogP contribution in [0.25, 0.3) is 32.3 Å². The van der Waals surface area contributed by atoms with Gasteiger partial charge in [-0.1, -0.05) is 18.2 Å². The third-order valence-electron chi connectivity index (χ3n) is 4.76. The molecular weight excluding hydrogens is 547 g/mol. The Morgan fingerprint density at radius 2 is 1.28 bits per heavy atom. The fraction of sp³-hybridized carbons (Fsp3) is 0.0556. The predicted octanol–water partition coefficient (Wildman–Crippen LogP) is 4.29. The summed E-state index contributed by atoms with van der Waals surface area (Å²) in [7, 11) is 3.12. The van der Waals surface area contributed by atoms with Crippen LogP contribution in [0.15, 0.2) is 51.1 Å². The van der Waals surface area contributed by atoms with E-state index in [1.54, 1.807) is 0 Å². The van der Waals surface area contributed by atoms with Crippen molar-refractivity contribution in [3.05, 3.63) is 36.4 Å². The van der Waals surface area contributed by atoms with E-state index in [0.717, 1.165) is 19.1 Å². The average molecular weight is 556 g/mol. The first-order valence-corrected chi connectivity index (χ1v) is 15.3. The second-order valence-electron chi connectivity index (χ2n) is 6.73. The predicted molar refractivity (Wildman–Crippen MR) is 121 cm³/mol. The number of rotatable bonds is 4. The number of esters is 1. The Bertz CT molecular complexity index is 1790. The zero-order valence-electron chi connectivity index (χ0n) is 15.6. The van der Waals surface area contributed by atoms with Crippen molar-refractivity contribution in [3.63, 3.8) is 0 Å². The van der Waals surface area contributed by atoms with Crippen LogP contribution in [0.2, 0.25) is 0 Å². The third-order valence-corrected chi connectivity index (χ3v) is 8.99. The molecule has 8 nitrogen and oxygen atoms in total. The van der Waals surface area contributed by atoms with Gasteiger partial charge in [0.05, 0.1) is 4.90 Å². The summed E-state index contributed by atoms with van der Waals surface area (Å²) in [6.07, 6.45) is 0. The maximum Gasteiger partial charge on any atom is 0.308 e. The molecule has 14 heteroatoms. The van der Waals surface area contributed by atoms with E-state index in [0.29, 0.717) is 0 Å². The topological polar surface area (TPSA) is 129 Å². The smallest absolute Gasteiger partial charge is 0.308 e. The van der Waals surface area contributed by atoms with Gasteiger partial charge in [-0.2, -0.15) is 0 Å². The minimum Gasteiger partial charge on any atom is -0.426 e. The number of halogens is 3. The second-order valence-corrected chi connectivity index (χ2v) is 14.3. The Balaban J connectivity index is 2.39.